The lowest BCUT2D eigenvalue weighted by Gasteiger charge is -2.36. The number of imidazole rings is 1. The monoisotopic (exact) mass is 709 g/mol. The van der Waals surface area contributed by atoms with Crippen molar-refractivity contribution in [3.63, 3.8) is 0 Å². The molecule has 52 heavy (non-hydrogen) atoms. The third-order valence-electron chi connectivity index (χ3n) is 11.2. The number of ether oxygens (including phenoxy) is 1. The number of methoxy groups -OCH3 is 1. The van der Waals surface area contributed by atoms with E-state index in [1.807, 2.05) is 12.1 Å². The van der Waals surface area contributed by atoms with E-state index in [1.54, 1.807) is 42.3 Å². The van der Waals surface area contributed by atoms with Crippen LogP contribution in [0.1, 0.15) is 97.1 Å². The number of carbonyl (C=O) groups excluding carboxylic acids is 3. The van der Waals surface area contributed by atoms with Gasteiger partial charge in [0.15, 0.2) is 23.1 Å². The minimum absolute atomic E-state index is 0.184. The number of nitrogens with one attached hydrogen (secondary N) is 2. The Kier molecular flexibility index (Phi) is 8.94. The predicted molar refractivity (Wildman–Crippen MR) is 191 cm³/mol. The van der Waals surface area contributed by atoms with E-state index < -0.39 is 17.9 Å². The van der Waals surface area contributed by atoms with E-state index in [9.17, 15) is 19.2 Å². The van der Waals surface area contributed by atoms with E-state index in [-0.39, 0.29) is 29.6 Å². The van der Waals surface area contributed by atoms with Crippen molar-refractivity contribution in [3.8, 4) is 5.75 Å². The Hall–Kier alpha value is -5.24. The first kappa shape index (κ1) is 33.9. The number of likely N-dealkylation sites (tertiary alicyclic amines) is 1. The number of para-hydroxylation sites is 1. The molecule has 3 amide bonds. The fourth-order valence-electron chi connectivity index (χ4n) is 8.48. The molecular weight excluding hydrogens is 666 g/mol. The van der Waals surface area contributed by atoms with Gasteiger partial charge in [0.05, 0.1) is 23.8 Å². The van der Waals surface area contributed by atoms with Crippen molar-refractivity contribution in [2.75, 3.05) is 32.1 Å². The maximum absolute atomic E-state index is 13.4. The first-order chi connectivity index (χ1) is 25.2. The number of imide groups is 1. The van der Waals surface area contributed by atoms with Crippen LogP contribution in [0.3, 0.4) is 0 Å². The minimum Gasteiger partial charge on any atom is -0.494 e. The normalized spacial score (nSPS) is 21.9. The molecule has 1 atom stereocenters. The van der Waals surface area contributed by atoms with Crippen LogP contribution in [0.15, 0.2) is 50.2 Å². The van der Waals surface area contributed by atoms with Gasteiger partial charge in [-0.2, -0.15) is 0 Å². The number of benzene rings is 2. The number of anilines is 1. The van der Waals surface area contributed by atoms with E-state index in [2.05, 4.69) is 26.6 Å². The Balaban J connectivity index is 0.880. The number of aryl methyl sites for hydroxylation is 2. The van der Waals surface area contributed by atoms with Crippen LogP contribution in [0, 0.1) is 12.8 Å². The van der Waals surface area contributed by atoms with Gasteiger partial charge in [-0.15, -0.1) is 0 Å². The molecule has 0 bridgehead atoms. The predicted octanol–water partition coefficient (Wildman–Crippen LogP) is 5.17. The van der Waals surface area contributed by atoms with Crippen LogP contribution in [-0.2, 0) is 16.6 Å². The average Bonchev–Trinajstić information content (AvgIpc) is 3.84. The number of oxazole rings is 2. The van der Waals surface area contributed by atoms with Gasteiger partial charge < -0.3 is 23.8 Å². The van der Waals surface area contributed by atoms with E-state index in [1.165, 1.54) is 6.26 Å². The van der Waals surface area contributed by atoms with Gasteiger partial charge in [0.2, 0.25) is 11.8 Å². The number of rotatable bonds is 8. The molecule has 8 rings (SSSR count). The summed E-state index contributed by atoms with van der Waals surface area (Å²) in [6, 6.07) is 8.86. The van der Waals surface area contributed by atoms with Crippen LogP contribution in [0.5, 0.6) is 5.75 Å². The highest BCUT2D eigenvalue weighted by Gasteiger charge is 2.33. The maximum Gasteiger partial charge on any atom is 0.329 e. The van der Waals surface area contributed by atoms with Crippen LogP contribution in [-0.4, -0.2) is 68.5 Å². The average molecular weight is 710 g/mol. The molecule has 272 valence electrons. The van der Waals surface area contributed by atoms with Crippen molar-refractivity contribution in [2.45, 2.75) is 76.2 Å². The number of hydrogen-bond donors (Lipinski definition) is 2. The molecular formula is C38H43N7O7. The first-order valence-electron chi connectivity index (χ1n) is 18.1. The second-order valence-corrected chi connectivity index (χ2v) is 14.5. The van der Waals surface area contributed by atoms with Gasteiger partial charge >= 0.3 is 5.69 Å². The van der Waals surface area contributed by atoms with Crippen LogP contribution in [0.25, 0.3) is 22.1 Å². The highest BCUT2D eigenvalue weighted by molar-refractivity contribution is 6.04. The summed E-state index contributed by atoms with van der Waals surface area (Å²) in [7, 11) is 3.33. The van der Waals surface area contributed by atoms with E-state index in [0.29, 0.717) is 46.7 Å². The molecule has 2 saturated heterocycles. The summed E-state index contributed by atoms with van der Waals surface area (Å²) in [4.78, 5) is 62.1. The molecule has 1 aliphatic carbocycles. The molecule has 2 aromatic carbocycles. The van der Waals surface area contributed by atoms with Gasteiger partial charge in [-0.05, 0) is 81.5 Å². The Bertz CT molecular complexity index is 2230. The molecule has 5 aromatic rings. The summed E-state index contributed by atoms with van der Waals surface area (Å²) >= 11 is 0. The lowest BCUT2D eigenvalue weighted by Crippen LogP contribution is -2.44. The Morgan fingerprint density at radius 3 is 2.52 bits per heavy atom. The van der Waals surface area contributed by atoms with Crippen molar-refractivity contribution >= 4 is 45.5 Å². The SMILES string of the molecule is COc1cc2nc([C@H]3CC[C@H](CN4CCC(c5cccc6c5n(C)c(=O)n6C5CCC(=O)NC5=O)CC4)CC3)oc2cc1NC(=O)c1coc(C)n1. The van der Waals surface area contributed by atoms with Crippen LogP contribution < -0.4 is 21.1 Å². The van der Waals surface area contributed by atoms with Gasteiger partial charge in [-0.1, -0.05) is 12.1 Å². The molecule has 0 radical (unpaired) electrons. The van der Waals surface area contributed by atoms with Gasteiger partial charge in [-0.25, -0.2) is 14.8 Å². The lowest BCUT2D eigenvalue weighted by molar-refractivity contribution is -0.135. The van der Waals surface area contributed by atoms with Crippen molar-refractivity contribution in [1.82, 2.24) is 29.3 Å². The summed E-state index contributed by atoms with van der Waals surface area (Å²) in [5.41, 5.74) is 4.50. The summed E-state index contributed by atoms with van der Waals surface area (Å²) < 4.78 is 20.2. The van der Waals surface area contributed by atoms with Crippen LogP contribution >= 0.6 is 0 Å². The number of carbonyl (C=O) groups is 3. The highest BCUT2D eigenvalue weighted by Crippen LogP contribution is 2.40. The number of piperidine rings is 2. The van der Waals surface area contributed by atoms with Gasteiger partial charge in [0.1, 0.15) is 23.6 Å². The molecule has 14 nitrogen and oxygen atoms in total. The molecule has 3 fully saturated rings. The quantitative estimate of drug-likeness (QED) is 0.205. The molecule has 1 saturated carbocycles. The fraction of sp³-hybridized carbons (Fsp3) is 0.474. The standard InChI is InChI=1S/C38H43N7O7/c1-21-39-28(20-51-21)35(47)40-26-18-32-27(17-31(26)50-3)41-37(52-32)24-9-7-22(8-10-24)19-44-15-13-23(14-16-44)25-5-4-6-29-34(25)43(2)38(49)45(29)30-11-12-33(46)42-36(30)48/h4-6,17-18,20,22-24,30H,7-16,19H2,1-3H3,(H,40,47)(H,42,46,48)/t22-,24-,30?. The molecule has 0 spiro atoms. The summed E-state index contributed by atoms with van der Waals surface area (Å²) in [6.07, 6.45) is 8.06. The zero-order valence-corrected chi connectivity index (χ0v) is 29.6. The Labute approximate surface area is 299 Å². The number of hydrogen-bond acceptors (Lipinski definition) is 10. The molecule has 14 heteroatoms. The molecule has 3 aliphatic rings. The molecule has 2 N–H and O–H groups in total. The second kappa shape index (κ2) is 13.7. The molecule has 3 aromatic heterocycles. The Morgan fingerprint density at radius 1 is 1.02 bits per heavy atom. The first-order valence-corrected chi connectivity index (χ1v) is 18.1. The summed E-state index contributed by atoms with van der Waals surface area (Å²) in [5, 5.41) is 5.24. The zero-order chi connectivity index (χ0) is 36.1. The van der Waals surface area contributed by atoms with E-state index in [0.717, 1.165) is 80.6 Å². The lowest BCUT2D eigenvalue weighted by atomic mass is 9.81. The topological polar surface area (TPSA) is 167 Å². The third-order valence-corrected chi connectivity index (χ3v) is 11.2. The van der Waals surface area contributed by atoms with Gasteiger partial charge in [0.25, 0.3) is 5.91 Å². The van der Waals surface area contributed by atoms with Crippen molar-refractivity contribution < 1.29 is 28.0 Å². The number of amides is 3. The number of aromatic nitrogens is 4. The zero-order valence-electron chi connectivity index (χ0n) is 29.6. The Morgan fingerprint density at radius 2 is 1.81 bits per heavy atom. The van der Waals surface area contributed by atoms with Crippen molar-refractivity contribution in [2.24, 2.45) is 13.0 Å². The van der Waals surface area contributed by atoms with Gasteiger partial charge in [-0.3, -0.25) is 28.8 Å². The summed E-state index contributed by atoms with van der Waals surface area (Å²) in [6.45, 7) is 4.72. The second-order valence-electron chi connectivity index (χ2n) is 14.5. The molecule has 1 unspecified atom stereocenters. The highest BCUT2D eigenvalue weighted by atomic mass is 16.5. The van der Waals surface area contributed by atoms with Crippen LogP contribution in [0.2, 0.25) is 0 Å². The van der Waals surface area contributed by atoms with Crippen LogP contribution in [0.4, 0.5) is 5.69 Å². The minimum atomic E-state index is -0.685. The smallest absolute Gasteiger partial charge is 0.329 e. The van der Waals surface area contributed by atoms with E-state index >= 15 is 0 Å². The summed E-state index contributed by atoms with van der Waals surface area (Å²) in [5.74, 6) is 1.67. The molecule has 2 aliphatic heterocycles. The maximum atomic E-state index is 13.4. The largest absolute Gasteiger partial charge is 0.494 e. The number of fused-ring (bicyclic) bond motifs is 2. The van der Waals surface area contributed by atoms with Crippen molar-refractivity contribution in [3.05, 3.63) is 70.1 Å². The van der Waals surface area contributed by atoms with Gasteiger partial charge in [0, 0.05) is 45.0 Å². The fourth-order valence-corrected chi connectivity index (χ4v) is 8.48. The third kappa shape index (κ3) is 6.29. The molecule has 5 heterocycles. The van der Waals surface area contributed by atoms with Crippen molar-refractivity contribution in [1.29, 1.82) is 0 Å². The number of nitrogens with zero attached hydrogens (tertiary/aromatic N) is 5. The van der Waals surface area contributed by atoms with E-state index in [4.69, 9.17) is 18.6 Å².